The van der Waals surface area contributed by atoms with E-state index in [-0.39, 0.29) is 24.2 Å². The van der Waals surface area contributed by atoms with E-state index in [2.05, 4.69) is 60.4 Å². The summed E-state index contributed by atoms with van der Waals surface area (Å²) in [5, 5.41) is 0. The van der Waals surface area contributed by atoms with Gasteiger partial charge in [-0.05, 0) is 67.7 Å². The molecule has 5 heteroatoms. The minimum Gasteiger partial charge on any atom is -0.485 e. The van der Waals surface area contributed by atoms with Crippen molar-refractivity contribution < 1.29 is 14.3 Å². The van der Waals surface area contributed by atoms with Crippen LogP contribution in [0.15, 0.2) is 48.5 Å². The van der Waals surface area contributed by atoms with Gasteiger partial charge in [-0.25, -0.2) is 0 Å². The fraction of sp³-hybridized carbons (Fsp3) is 0.533. The first-order chi connectivity index (χ1) is 17.0. The summed E-state index contributed by atoms with van der Waals surface area (Å²) in [7, 11) is 0. The van der Waals surface area contributed by atoms with E-state index < -0.39 is 5.91 Å². The molecule has 1 amide bonds. The summed E-state index contributed by atoms with van der Waals surface area (Å²) in [4.78, 5) is 25.6. The van der Waals surface area contributed by atoms with Crippen molar-refractivity contribution in [2.45, 2.75) is 89.7 Å². The number of Topliss-reactive ketones (excluding diaryl/α,β-unsaturated/α-hetero) is 1. The minimum atomic E-state index is -0.396. The topological polar surface area (TPSA) is 72.6 Å². The van der Waals surface area contributed by atoms with Gasteiger partial charge in [-0.2, -0.15) is 0 Å². The minimum absolute atomic E-state index is 0.139. The van der Waals surface area contributed by atoms with Gasteiger partial charge in [0.1, 0.15) is 17.1 Å². The van der Waals surface area contributed by atoms with Gasteiger partial charge in [0.15, 0.2) is 0 Å². The molecule has 0 bridgehead atoms. The molecule has 1 spiro atoms. The van der Waals surface area contributed by atoms with Crippen molar-refractivity contribution in [3.63, 3.8) is 0 Å². The number of rotatable bonds is 9. The van der Waals surface area contributed by atoms with E-state index in [1.807, 2.05) is 0 Å². The summed E-state index contributed by atoms with van der Waals surface area (Å²) in [5.74, 6) is 1.30. The van der Waals surface area contributed by atoms with Gasteiger partial charge in [0.25, 0.3) is 0 Å². The number of anilines is 1. The number of fused-ring (bicyclic) bond motifs is 1. The molecule has 1 heterocycles. The Kier molecular flexibility index (Phi) is 8.48. The van der Waals surface area contributed by atoms with Crippen molar-refractivity contribution in [3.05, 3.63) is 59.7 Å². The number of amides is 1. The summed E-state index contributed by atoms with van der Waals surface area (Å²) in [6.07, 6.45) is 9.41. The molecule has 4 rings (SSSR count). The molecule has 0 aromatic heterocycles. The zero-order valence-corrected chi connectivity index (χ0v) is 21.1. The Morgan fingerprint density at radius 3 is 2.54 bits per heavy atom. The lowest BCUT2D eigenvalue weighted by atomic mass is 9.88. The zero-order valence-electron chi connectivity index (χ0n) is 21.1. The summed E-state index contributed by atoms with van der Waals surface area (Å²) in [6, 6.07) is 17.3. The van der Waals surface area contributed by atoms with Crippen molar-refractivity contribution in [3.8, 4) is 5.75 Å². The predicted octanol–water partition coefficient (Wildman–Crippen LogP) is 5.97. The highest BCUT2D eigenvalue weighted by molar-refractivity contribution is 5.84. The molecule has 0 radical (unpaired) electrons. The van der Waals surface area contributed by atoms with Gasteiger partial charge in [0, 0.05) is 38.8 Å². The van der Waals surface area contributed by atoms with Crippen LogP contribution >= 0.6 is 0 Å². The fourth-order valence-corrected chi connectivity index (χ4v) is 5.82. The second-order valence-electron chi connectivity index (χ2n) is 10.4. The summed E-state index contributed by atoms with van der Waals surface area (Å²) < 4.78 is 6.87. The molecule has 1 fully saturated rings. The Bertz CT molecular complexity index is 1020. The van der Waals surface area contributed by atoms with E-state index in [1.54, 1.807) is 0 Å². The average molecular weight is 477 g/mol. The Hall–Kier alpha value is -2.82. The van der Waals surface area contributed by atoms with Crippen LogP contribution in [0.2, 0.25) is 0 Å². The molecule has 2 aromatic rings. The number of carbonyl (C=O) groups excluding carboxylic acids is 2. The van der Waals surface area contributed by atoms with E-state index in [0.717, 1.165) is 70.2 Å². The molecule has 5 nitrogen and oxygen atoms in total. The number of ether oxygens (including phenoxy) is 1. The first-order valence-corrected chi connectivity index (χ1v) is 13.4. The number of carbonyl (C=O) groups is 2. The number of hydrogen-bond acceptors (Lipinski definition) is 4. The molecule has 1 aliphatic carbocycles. The van der Waals surface area contributed by atoms with Gasteiger partial charge in [-0.15, -0.1) is 0 Å². The van der Waals surface area contributed by atoms with Gasteiger partial charge in [0.2, 0.25) is 5.91 Å². The molecule has 1 saturated carbocycles. The van der Waals surface area contributed by atoms with Crippen LogP contribution in [0.1, 0.15) is 82.3 Å². The Morgan fingerprint density at radius 2 is 1.74 bits per heavy atom. The first-order valence-electron chi connectivity index (χ1n) is 13.4. The molecule has 2 aromatic carbocycles. The van der Waals surface area contributed by atoms with Crippen LogP contribution in [-0.4, -0.2) is 23.8 Å². The number of nitrogens with zero attached hydrogens (tertiary/aromatic N) is 1. The van der Waals surface area contributed by atoms with Gasteiger partial charge < -0.3 is 15.4 Å². The summed E-state index contributed by atoms with van der Waals surface area (Å²) in [5.41, 5.74) is 9.04. The number of nitrogens with two attached hydrogens (primary N) is 1. The van der Waals surface area contributed by atoms with E-state index in [9.17, 15) is 9.59 Å². The molecule has 2 N–H and O–H groups in total. The van der Waals surface area contributed by atoms with Crippen LogP contribution in [0.25, 0.3) is 0 Å². The highest BCUT2D eigenvalue weighted by Gasteiger charge is 2.38. The van der Waals surface area contributed by atoms with Crippen molar-refractivity contribution in [2.24, 2.45) is 11.7 Å². The SMILES string of the molecule is CCc1ccccc1CN1CCC2(CCCC(CCC(=O)CCC(N)=O)CC2)Oc2ccccc21. The summed E-state index contributed by atoms with van der Waals surface area (Å²) in [6.45, 7) is 4.10. The van der Waals surface area contributed by atoms with Crippen LogP contribution < -0.4 is 15.4 Å². The van der Waals surface area contributed by atoms with Gasteiger partial charge in [-0.1, -0.05) is 49.7 Å². The van der Waals surface area contributed by atoms with Crippen LogP contribution in [0.5, 0.6) is 5.75 Å². The highest BCUT2D eigenvalue weighted by Crippen LogP contribution is 2.43. The van der Waals surface area contributed by atoms with Crippen LogP contribution in [0, 0.1) is 5.92 Å². The van der Waals surface area contributed by atoms with E-state index >= 15 is 0 Å². The summed E-state index contributed by atoms with van der Waals surface area (Å²) >= 11 is 0. The smallest absolute Gasteiger partial charge is 0.217 e. The molecular formula is C30H40N2O3. The number of aryl methyl sites for hydroxylation is 1. The maximum absolute atomic E-state index is 12.1. The zero-order chi connectivity index (χ0) is 24.7. The Morgan fingerprint density at radius 1 is 0.971 bits per heavy atom. The van der Waals surface area contributed by atoms with Gasteiger partial charge in [0.05, 0.1) is 5.69 Å². The molecule has 2 atom stereocenters. The number of ketones is 1. The van der Waals surface area contributed by atoms with Crippen LogP contribution in [0.4, 0.5) is 5.69 Å². The van der Waals surface area contributed by atoms with Crippen LogP contribution in [-0.2, 0) is 22.6 Å². The van der Waals surface area contributed by atoms with E-state index in [1.165, 1.54) is 16.8 Å². The molecule has 2 aliphatic rings. The lowest BCUT2D eigenvalue weighted by molar-refractivity contribution is -0.123. The lowest BCUT2D eigenvalue weighted by Crippen LogP contribution is -2.37. The Labute approximate surface area is 210 Å². The van der Waals surface area contributed by atoms with Gasteiger partial charge >= 0.3 is 0 Å². The molecule has 2 unspecified atom stereocenters. The average Bonchev–Trinajstić information content (AvgIpc) is 3.15. The fourth-order valence-electron chi connectivity index (χ4n) is 5.82. The van der Waals surface area contributed by atoms with E-state index in [4.69, 9.17) is 10.5 Å². The third-order valence-corrected chi connectivity index (χ3v) is 7.96. The monoisotopic (exact) mass is 476 g/mol. The highest BCUT2D eigenvalue weighted by atomic mass is 16.5. The quantitative estimate of drug-likeness (QED) is 0.484. The van der Waals surface area contributed by atoms with Gasteiger partial charge in [-0.3, -0.25) is 9.59 Å². The molecule has 188 valence electrons. The maximum Gasteiger partial charge on any atom is 0.217 e. The third kappa shape index (κ3) is 6.65. The number of benzene rings is 2. The maximum atomic E-state index is 12.1. The van der Waals surface area contributed by atoms with Crippen LogP contribution in [0.3, 0.4) is 0 Å². The normalized spacial score (nSPS) is 22.1. The molecular weight excluding hydrogens is 436 g/mol. The molecule has 35 heavy (non-hydrogen) atoms. The second-order valence-corrected chi connectivity index (χ2v) is 10.4. The second kappa shape index (κ2) is 11.7. The molecule has 1 aliphatic heterocycles. The van der Waals surface area contributed by atoms with Crippen molar-refractivity contribution in [1.82, 2.24) is 0 Å². The largest absolute Gasteiger partial charge is 0.485 e. The Balaban J connectivity index is 1.42. The third-order valence-electron chi connectivity index (χ3n) is 7.96. The number of para-hydroxylation sites is 2. The molecule has 0 saturated heterocycles. The van der Waals surface area contributed by atoms with Crippen molar-refractivity contribution in [1.29, 1.82) is 0 Å². The van der Waals surface area contributed by atoms with Crippen molar-refractivity contribution in [2.75, 3.05) is 11.4 Å². The van der Waals surface area contributed by atoms with E-state index in [0.29, 0.717) is 12.3 Å². The number of primary amides is 1. The first kappa shape index (κ1) is 25.3. The van der Waals surface area contributed by atoms with Crippen molar-refractivity contribution >= 4 is 17.4 Å². The number of hydrogen-bond donors (Lipinski definition) is 1. The lowest BCUT2D eigenvalue weighted by Gasteiger charge is -2.32. The standard InChI is InChI=1S/C30H40N2O3/c1-2-24-9-3-4-10-25(24)22-32-21-20-30(35-28-12-6-5-11-27(28)32)18-7-8-23(17-19-30)13-14-26(33)15-16-29(31)34/h3-6,9-12,23H,2,7-8,13-22H2,1H3,(H2,31,34). The predicted molar refractivity (Wildman–Crippen MR) is 141 cm³/mol.